The molecule has 0 spiro atoms. The van der Waals surface area contributed by atoms with Crippen LogP contribution in [0.4, 0.5) is 0 Å². The Balaban J connectivity index is 1.95. The van der Waals surface area contributed by atoms with Crippen LogP contribution in [-0.2, 0) is 21.8 Å². The van der Waals surface area contributed by atoms with Crippen molar-refractivity contribution in [3.63, 3.8) is 0 Å². The number of benzene rings is 1. The minimum atomic E-state index is -0.777. The van der Waals surface area contributed by atoms with Crippen molar-refractivity contribution >= 4 is 10.8 Å². The van der Waals surface area contributed by atoms with E-state index in [0.717, 1.165) is 18.4 Å². The van der Waals surface area contributed by atoms with Crippen molar-refractivity contribution in [2.24, 2.45) is 0 Å². The van der Waals surface area contributed by atoms with Crippen molar-refractivity contribution in [2.75, 3.05) is 0 Å². The zero-order valence-corrected chi connectivity index (χ0v) is 13.4. The second kappa shape index (κ2) is 4.67. The number of hydrogen-bond donors (Lipinski definition) is 1. The molecule has 2 heterocycles. The van der Waals surface area contributed by atoms with Crippen LogP contribution < -0.4 is 0 Å². The third-order valence-corrected chi connectivity index (χ3v) is 6.98. The van der Waals surface area contributed by atoms with E-state index in [1.807, 2.05) is 12.1 Å². The van der Waals surface area contributed by atoms with Crippen LogP contribution in [-0.4, -0.2) is 19.8 Å². The molecule has 0 aromatic heterocycles. The third kappa shape index (κ3) is 2.35. The lowest BCUT2D eigenvalue weighted by Crippen LogP contribution is -2.40. The number of rotatable bonds is 1. The predicted octanol–water partition coefficient (Wildman–Crippen LogP) is 3.25. The van der Waals surface area contributed by atoms with E-state index in [4.69, 9.17) is 0 Å². The topological polar surface area (TPSA) is 37.3 Å². The Kier molecular flexibility index (Phi) is 3.33. The van der Waals surface area contributed by atoms with Crippen molar-refractivity contribution in [2.45, 2.75) is 68.0 Å². The van der Waals surface area contributed by atoms with Crippen LogP contribution >= 0.6 is 0 Å². The normalized spacial score (nSPS) is 37.1. The molecule has 1 aromatic carbocycles. The fourth-order valence-corrected chi connectivity index (χ4v) is 5.75. The van der Waals surface area contributed by atoms with Crippen LogP contribution in [0.15, 0.2) is 24.3 Å². The maximum absolute atomic E-state index is 12.1. The van der Waals surface area contributed by atoms with E-state index in [9.17, 15) is 9.32 Å². The van der Waals surface area contributed by atoms with E-state index in [0.29, 0.717) is 12.8 Å². The molecule has 2 atom stereocenters. The van der Waals surface area contributed by atoms with Crippen LogP contribution in [0.3, 0.4) is 0 Å². The Morgan fingerprint density at radius 2 is 1.80 bits per heavy atom. The van der Waals surface area contributed by atoms with Crippen LogP contribution in [0.25, 0.3) is 0 Å². The van der Waals surface area contributed by atoms with Gasteiger partial charge in [0.1, 0.15) is 0 Å². The summed E-state index contributed by atoms with van der Waals surface area (Å²) in [5.74, 6) is 0. The zero-order chi connectivity index (χ0) is 14.5. The molecule has 2 aliphatic heterocycles. The van der Waals surface area contributed by atoms with Crippen LogP contribution in [0.5, 0.6) is 0 Å². The van der Waals surface area contributed by atoms with Crippen molar-refractivity contribution in [1.29, 1.82) is 0 Å². The molecule has 2 unspecified atom stereocenters. The van der Waals surface area contributed by atoms with E-state index < -0.39 is 16.4 Å². The highest BCUT2D eigenvalue weighted by Crippen LogP contribution is 2.46. The molecule has 1 N–H and O–H groups in total. The minimum absolute atomic E-state index is 0.0861. The van der Waals surface area contributed by atoms with Crippen molar-refractivity contribution in [3.05, 3.63) is 35.4 Å². The molecule has 0 amide bonds. The molecule has 2 saturated heterocycles. The first kappa shape index (κ1) is 14.3. The smallest absolute Gasteiger partial charge is 0.0919 e. The monoisotopic (exact) mass is 292 g/mol. The lowest BCUT2D eigenvalue weighted by atomic mass is 9.81. The Bertz CT molecular complexity index is 528. The first-order valence-corrected chi connectivity index (χ1v) is 8.80. The molecule has 2 bridgehead atoms. The van der Waals surface area contributed by atoms with E-state index in [2.05, 4.69) is 32.9 Å². The summed E-state index contributed by atoms with van der Waals surface area (Å²) >= 11 is 0. The highest BCUT2D eigenvalue weighted by atomic mass is 32.2. The summed E-state index contributed by atoms with van der Waals surface area (Å²) in [6, 6.07) is 8.35. The van der Waals surface area contributed by atoms with Gasteiger partial charge in [0.15, 0.2) is 0 Å². The van der Waals surface area contributed by atoms with Gasteiger partial charge in [0.05, 0.1) is 5.60 Å². The number of hydrogen-bond acceptors (Lipinski definition) is 2. The van der Waals surface area contributed by atoms with Gasteiger partial charge in [0.25, 0.3) is 0 Å². The Hall–Kier alpha value is -0.670. The SMILES string of the molecule is CC(C)(C)c1cccc(C2(O)CC3CCC(C2)S3=O)c1. The van der Waals surface area contributed by atoms with Gasteiger partial charge in [-0.2, -0.15) is 0 Å². The average molecular weight is 292 g/mol. The Morgan fingerprint density at radius 1 is 1.20 bits per heavy atom. The van der Waals surface area contributed by atoms with E-state index in [1.165, 1.54) is 5.56 Å². The average Bonchev–Trinajstić information content (AvgIpc) is 2.62. The van der Waals surface area contributed by atoms with Crippen molar-refractivity contribution < 1.29 is 9.32 Å². The number of fused-ring (bicyclic) bond motifs is 2. The quantitative estimate of drug-likeness (QED) is 0.863. The van der Waals surface area contributed by atoms with Crippen molar-refractivity contribution in [1.82, 2.24) is 0 Å². The summed E-state index contributed by atoms with van der Waals surface area (Å²) in [5.41, 5.74) is 1.57. The molecule has 0 saturated carbocycles. The highest BCUT2D eigenvalue weighted by Gasteiger charge is 2.48. The van der Waals surface area contributed by atoms with Crippen LogP contribution in [0.2, 0.25) is 0 Å². The largest absolute Gasteiger partial charge is 0.385 e. The molecule has 0 radical (unpaired) electrons. The van der Waals surface area contributed by atoms with Gasteiger partial charge in [-0.05, 0) is 42.2 Å². The van der Waals surface area contributed by atoms with Gasteiger partial charge < -0.3 is 5.11 Å². The summed E-state index contributed by atoms with van der Waals surface area (Å²) in [6.45, 7) is 6.57. The molecule has 20 heavy (non-hydrogen) atoms. The summed E-state index contributed by atoms with van der Waals surface area (Å²) < 4.78 is 12.1. The maximum atomic E-state index is 12.1. The molecular weight excluding hydrogens is 268 g/mol. The molecule has 2 aliphatic rings. The molecule has 3 heteroatoms. The summed E-state index contributed by atoms with van der Waals surface area (Å²) in [5, 5.41) is 11.5. The van der Waals surface area contributed by atoms with Gasteiger partial charge in [-0.15, -0.1) is 0 Å². The summed E-state index contributed by atoms with van der Waals surface area (Å²) in [7, 11) is -0.721. The maximum Gasteiger partial charge on any atom is 0.0919 e. The third-order valence-electron chi connectivity index (χ3n) is 4.86. The van der Waals surface area contributed by atoms with Gasteiger partial charge in [-0.1, -0.05) is 45.0 Å². The summed E-state index contributed by atoms with van der Waals surface area (Å²) in [6.07, 6.45) is 3.34. The second-order valence-corrected chi connectivity index (χ2v) is 9.41. The molecule has 0 aliphatic carbocycles. The second-order valence-electron chi connectivity index (χ2n) is 7.42. The molecule has 2 fully saturated rings. The molecule has 3 rings (SSSR count). The zero-order valence-electron chi connectivity index (χ0n) is 12.6. The van der Waals surface area contributed by atoms with Crippen LogP contribution in [0, 0.1) is 0 Å². The Morgan fingerprint density at radius 3 is 2.35 bits per heavy atom. The number of aliphatic hydroxyl groups is 1. The van der Waals surface area contributed by atoms with E-state index >= 15 is 0 Å². The first-order valence-electron chi connectivity index (χ1n) is 7.52. The fraction of sp³-hybridized carbons (Fsp3) is 0.647. The van der Waals surface area contributed by atoms with E-state index in [1.54, 1.807) is 0 Å². The standard InChI is InChI=1S/C17H24O2S/c1-16(2,3)12-5-4-6-13(9-12)17(18)10-14-7-8-15(11-17)20(14)19/h4-6,9,14-15,18H,7-8,10-11H2,1-3H3. The lowest BCUT2D eigenvalue weighted by molar-refractivity contribution is 0.0183. The fourth-order valence-electron chi connectivity index (χ4n) is 3.59. The molecule has 1 aromatic rings. The predicted molar refractivity (Wildman–Crippen MR) is 83.2 cm³/mol. The van der Waals surface area contributed by atoms with Crippen LogP contribution in [0.1, 0.15) is 57.6 Å². The van der Waals surface area contributed by atoms with Crippen molar-refractivity contribution in [3.8, 4) is 0 Å². The highest BCUT2D eigenvalue weighted by molar-refractivity contribution is 7.86. The molecule has 110 valence electrons. The lowest BCUT2D eigenvalue weighted by Gasteiger charge is -2.37. The molecular formula is C17H24O2S. The van der Waals surface area contributed by atoms with Gasteiger partial charge in [0.2, 0.25) is 0 Å². The minimum Gasteiger partial charge on any atom is -0.385 e. The first-order chi connectivity index (χ1) is 9.29. The molecule has 2 nitrogen and oxygen atoms in total. The summed E-state index contributed by atoms with van der Waals surface area (Å²) in [4.78, 5) is 0. The Labute approximate surface area is 124 Å². The van der Waals surface area contributed by atoms with Gasteiger partial charge in [0, 0.05) is 21.3 Å². The van der Waals surface area contributed by atoms with E-state index in [-0.39, 0.29) is 15.9 Å². The van der Waals surface area contributed by atoms with Gasteiger partial charge >= 0.3 is 0 Å². The van der Waals surface area contributed by atoms with Gasteiger partial charge in [-0.3, -0.25) is 4.21 Å². The van der Waals surface area contributed by atoms with Gasteiger partial charge in [-0.25, -0.2) is 0 Å².